The molecule has 1 fully saturated rings. The summed E-state index contributed by atoms with van der Waals surface area (Å²) in [4.78, 5) is 60.5. The number of nitrogens with one attached hydrogen (secondary N) is 1. The van der Waals surface area contributed by atoms with E-state index in [4.69, 9.17) is 24.2 Å². The monoisotopic (exact) mass is 498 g/mol. The van der Waals surface area contributed by atoms with Crippen LogP contribution in [0.15, 0.2) is 21.9 Å². The van der Waals surface area contributed by atoms with E-state index in [9.17, 15) is 33.3 Å². The van der Waals surface area contributed by atoms with Gasteiger partial charge in [-0.2, -0.15) is 8.62 Å². The molecule has 0 saturated carbocycles. The summed E-state index contributed by atoms with van der Waals surface area (Å²) in [5, 5.41) is 10.2. The van der Waals surface area contributed by atoms with Gasteiger partial charge in [-0.25, -0.2) is 18.5 Å². The highest BCUT2D eigenvalue weighted by molar-refractivity contribution is 7.66. The fourth-order valence-electron chi connectivity index (χ4n) is 2.40. The van der Waals surface area contributed by atoms with Crippen molar-refractivity contribution in [3.05, 3.63) is 33.1 Å². The number of rotatable bonds is 9. The van der Waals surface area contributed by atoms with Crippen LogP contribution in [0.1, 0.15) is 12.6 Å². The van der Waals surface area contributed by atoms with Crippen LogP contribution in [-0.2, 0) is 36.3 Å². The highest BCUT2D eigenvalue weighted by Gasteiger charge is 2.50. The van der Waals surface area contributed by atoms with E-state index in [2.05, 4.69) is 13.1 Å². The summed E-state index contributed by atoms with van der Waals surface area (Å²) in [6.45, 7) is -1.02. The molecule has 2 rings (SSSR count). The van der Waals surface area contributed by atoms with Gasteiger partial charge in [0, 0.05) is 25.8 Å². The number of hydrogen-bond donors (Lipinski definition) is 6. The van der Waals surface area contributed by atoms with E-state index >= 15 is 0 Å². The summed E-state index contributed by atoms with van der Waals surface area (Å²) in [6.07, 6.45) is -2.27. The number of aromatic amines is 1. The molecule has 2 unspecified atom stereocenters. The molecule has 1 saturated heterocycles. The maximum Gasteiger partial charge on any atom is 0.490 e. The van der Waals surface area contributed by atoms with E-state index in [0.717, 1.165) is 23.9 Å². The lowest BCUT2D eigenvalue weighted by Gasteiger charge is -2.28. The van der Waals surface area contributed by atoms with Crippen LogP contribution in [0, 0.1) is 0 Å². The molecule has 172 valence electrons. The molecule has 0 bridgehead atoms. The van der Waals surface area contributed by atoms with Crippen LogP contribution in [0.5, 0.6) is 0 Å². The van der Waals surface area contributed by atoms with Crippen molar-refractivity contribution in [2.45, 2.75) is 24.5 Å². The van der Waals surface area contributed by atoms with Crippen molar-refractivity contribution in [2.75, 3.05) is 13.7 Å². The van der Waals surface area contributed by atoms with Crippen LogP contribution in [0.25, 0.3) is 0 Å². The Bertz CT molecular complexity index is 1030. The first-order chi connectivity index (χ1) is 13.6. The second kappa shape index (κ2) is 8.84. The molecule has 1 aliphatic heterocycles. The molecule has 1 aromatic heterocycles. The molecule has 0 aliphatic carbocycles. The third-order valence-electron chi connectivity index (χ3n) is 3.55. The van der Waals surface area contributed by atoms with E-state index in [0.29, 0.717) is 0 Å². The summed E-state index contributed by atoms with van der Waals surface area (Å²) >= 11 is 0. The van der Waals surface area contributed by atoms with Crippen molar-refractivity contribution in [1.29, 1.82) is 0 Å². The highest BCUT2D eigenvalue weighted by Crippen LogP contribution is 2.66. The van der Waals surface area contributed by atoms with Crippen LogP contribution >= 0.6 is 23.5 Å². The lowest BCUT2D eigenvalue weighted by molar-refractivity contribution is -0.241. The summed E-state index contributed by atoms with van der Waals surface area (Å²) in [5.74, 6) is -1.97. The van der Waals surface area contributed by atoms with E-state index in [-0.39, 0.29) is 0 Å². The quantitative estimate of drug-likeness (QED) is 0.212. The lowest BCUT2D eigenvalue weighted by atomic mass is 10.1. The predicted molar refractivity (Wildman–Crippen MR) is 91.6 cm³/mol. The fraction of sp³-hybridized carbons (Fsp3) is 0.600. The van der Waals surface area contributed by atoms with Crippen LogP contribution in [0.4, 0.5) is 0 Å². The zero-order chi connectivity index (χ0) is 23.0. The number of hydrogen-bond acceptors (Lipinski definition) is 11. The lowest BCUT2D eigenvalue weighted by Crippen LogP contribution is -2.38. The Balaban J connectivity index is 2.13. The summed E-state index contributed by atoms with van der Waals surface area (Å²) in [7, 11) is -15.7. The van der Waals surface area contributed by atoms with Crippen molar-refractivity contribution in [2.24, 2.45) is 0 Å². The maximum absolute atomic E-state index is 11.9. The number of H-pyrrole nitrogens is 1. The predicted octanol–water partition coefficient (Wildman–Crippen LogP) is -1.50. The van der Waals surface area contributed by atoms with Crippen LogP contribution in [0.3, 0.4) is 0 Å². The van der Waals surface area contributed by atoms with Crippen LogP contribution in [-0.4, -0.2) is 59.8 Å². The normalized spacial score (nSPS) is 28.7. The van der Waals surface area contributed by atoms with E-state index in [1.165, 1.54) is 0 Å². The van der Waals surface area contributed by atoms with Crippen molar-refractivity contribution >= 4 is 23.5 Å². The van der Waals surface area contributed by atoms with Gasteiger partial charge in [0.05, 0.1) is 0 Å². The minimum atomic E-state index is -5.72. The maximum atomic E-state index is 11.9. The third kappa shape index (κ3) is 6.73. The number of phosphoric ester groups is 1. The molecule has 5 atom stereocenters. The molecule has 0 radical (unpaired) electrons. The van der Waals surface area contributed by atoms with Crippen LogP contribution in [0.2, 0.25) is 0 Å². The van der Waals surface area contributed by atoms with Crippen molar-refractivity contribution in [3.8, 4) is 0 Å². The number of aromatic nitrogens is 2. The first-order valence-electron chi connectivity index (χ1n) is 7.58. The molecular formula is C10H17N2O15P3. The Hall–Kier alpha value is -1.03. The minimum absolute atomic E-state index is 0.435. The summed E-state index contributed by atoms with van der Waals surface area (Å²) < 4.78 is 56.6. The van der Waals surface area contributed by atoms with Gasteiger partial charge in [-0.3, -0.25) is 18.9 Å². The smallest absolute Gasteiger partial charge is 0.388 e. The van der Waals surface area contributed by atoms with Gasteiger partial charge in [0.25, 0.3) is 5.56 Å². The van der Waals surface area contributed by atoms with Crippen molar-refractivity contribution in [3.63, 3.8) is 0 Å². The molecular weight excluding hydrogens is 481 g/mol. The molecule has 0 aromatic carbocycles. The average molecular weight is 498 g/mol. The first-order valence-corrected chi connectivity index (χ1v) is 12.1. The van der Waals surface area contributed by atoms with Gasteiger partial charge >= 0.3 is 29.2 Å². The number of aliphatic hydroxyl groups excluding tert-OH is 1. The zero-order valence-corrected chi connectivity index (χ0v) is 17.5. The second-order valence-electron chi connectivity index (χ2n) is 5.78. The van der Waals surface area contributed by atoms with Crippen molar-refractivity contribution in [1.82, 2.24) is 9.55 Å². The highest BCUT2D eigenvalue weighted by atomic mass is 31.3. The molecule has 2 heterocycles. The van der Waals surface area contributed by atoms with Gasteiger partial charge in [0.1, 0.15) is 12.7 Å². The number of methoxy groups -OCH3 is 1. The number of phosphoric acid groups is 3. The zero-order valence-electron chi connectivity index (χ0n) is 14.8. The van der Waals surface area contributed by atoms with E-state index in [1.807, 2.05) is 4.98 Å². The number of ether oxygens (including phenoxy) is 2. The Morgan fingerprint density at radius 1 is 1.20 bits per heavy atom. The third-order valence-corrected chi connectivity index (χ3v) is 7.33. The molecule has 30 heavy (non-hydrogen) atoms. The minimum Gasteiger partial charge on any atom is -0.388 e. The second-order valence-corrected chi connectivity index (χ2v) is 10.2. The van der Waals surface area contributed by atoms with Gasteiger partial charge in [-0.15, -0.1) is 0 Å². The number of aliphatic hydroxyl groups is 1. The van der Waals surface area contributed by atoms with Gasteiger partial charge in [0.15, 0.2) is 12.0 Å². The average Bonchev–Trinajstić information content (AvgIpc) is 2.87. The molecule has 0 amide bonds. The molecule has 6 N–H and O–H groups in total. The Kier molecular flexibility index (Phi) is 7.44. The van der Waals surface area contributed by atoms with Gasteiger partial charge in [0.2, 0.25) is 0 Å². The van der Waals surface area contributed by atoms with E-state index in [1.54, 1.807) is 0 Å². The van der Waals surface area contributed by atoms with Crippen molar-refractivity contribution < 1.29 is 61.0 Å². The molecule has 1 aliphatic rings. The SMILES string of the molecule is CO[C@@]1(COP(=O)(O)OP(=O)(O)OP(=O)(O)O)C[C@@H](O)[C@H](n2ccc(=O)[nH]c2=O)O1. The van der Waals surface area contributed by atoms with E-state index < -0.39 is 65.9 Å². The molecule has 0 spiro atoms. The number of nitrogens with zero attached hydrogens (tertiary/aromatic N) is 1. The Labute approximate surface area is 166 Å². The molecule has 20 heteroatoms. The summed E-state index contributed by atoms with van der Waals surface area (Å²) in [6, 6.07) is 0.969. The summed E-state index contributed by atoms with van der Waals surface area (Å²) in [5.41, 5.74) is -1.65. The first kappa shape index (κ1) is 25.2. The van der Waals surface area contributed by atoms with Gasteiger partial charge < -0.3 is 34.2 Å². The molecule has 1 aromatic rings. The largest absolute Gasteiger partial charge is 0.490 e. The van der Waals surface area contributed by atoms with Gasteiger partial charge in [-0.1, -0.05) is 0 Å². The Morgan fingerprint density at radius 2 is 1.83 bits per heavy atom. The standard InChI is InChI=1S/C10H17N2O15P3/c1-23-10(5-24-29(19,20)27-30(21,22)26-28(16,17)18)4-6(13)8(25-10)12-3-2-7(14)11-9(12)15/h2-3,6,8,13H,4-5H2,1H3,(H,19,20)(H,21,22)(H,11,14,15)(H2,16,17,18)/t6-,8-,10+/m1/s1. The topological polar surface area (TPSA) is 253 Å². The fourth-order valence-corrected chi connectivity index (χ4v) is 5.46. The molecule has 17 nitrogen and oxygen atoms in total. The Morgan fingerprint density at radius 3 is 2.37 bits per heavy atom. The van der Waals surface area contributed by atoms with Gasteiger partial charge in [-0.05, 0) is 0 Å². The van der Waals surface area contributed by atoms with Crippen LogP contribution < -0.4 is 11.2 Å².